The minimum absolute atomic E-state index is 0.0223. The maximum atomic E-state index is 12.5. The third-order valence-corrected chi connectivity index (χ3v) is 10.3. The second-order valence-corrected chi connectivity index (χ2v) is 13.0. The van der Waals surface area contributed by atoms with Gasteiger partial charge in [-0.3, -0.25) is 9.59 Å². The molecule has 0 aliphatic carbocycles. The number of nitrogens with zero attached hydrogens (tertiary/aromatic N) is 1. The van der Waals surface area contributed by atoms with E-state index < -0.39 is 32.2 Å². The number of Topliss-reactive ketones (excluding diaryl/α,β-unsaturated/α-hetero) is 1. The monoisotopic (exact) mass is 341 g/mol. The van der Waals surface area contributed by atoms with Crippen LogP contribution < -0.4 is 0 Å². The van der Waals surface area contributed by atoms with Gasteiger partial charge in [-0.2, -0.15) is 0 Å². The van der Waals surface area contributed by atoms with Gasteiger partial charge in [-0.05, 0) is 25.1 Å². The van der Waals surface area contributed by atoms with Gasteiger partial charge in [0.15, 0.2) is 20.1 Å². The lowest BCUT2D eigenvalue weighted by Gasteiger charge is -2.49. The van der Waals surface area contributed by atoms with Crippen molar-refractivity contribution < 1.29 is 23.9 Å². The number of hydrogen-bond acceptors (Lipinski definition) is 4. The van der Waals surface area contributed by atoms with E-state index in [-0.39, 0.29) is 28.9 Å². The van der Waals surface area contributed by atoms with E-state index in [0.717, 1.165) is 0 Å². The maximum Gasteiger partial charge on any atom is 0.334 e. The summed E-state index contributed by atoms with van der Waals surface area (Å²) < 4.78 is 6.30. The Kier molecular flexibility index (Phi) is 4.26. The van der Waals surface area contributed by atoms with E-state index >= 15 is 0 Å². The van der Waals surface area contributed by atoms with Gasteiger partial charge in [-0.1, -0.05) is 27.7 Å². The van der Waals surface area contributed by atoms with Crippen LogP contribution in [0.15, 0.2) is 0 Å². The third kappa shape index (κ3) is 2.63. The first-order valence-electron chi connectivity index (χ1n) is 8.08. The number of hydrogen-bond donors (Lipinski definition) is 1. The summed E-state index contributed by atoms with van der Waals surface area (Å²) in [6.07, 6.45) is -0.313. The normalized spacial score (nSPS) is 32.6. The molecule has 2 aliphatic heterocycles. The molecule has 2 fully saturated rings. The lowest BCUT2D eigenvalue weighted by molar-refractivity contribution is -0.170. The largest absolute Gasteiger partial charge is 0.479 e. The second-order valence-electron chi connectivity index (χ2n) is 8.28. The van der Waals surface area contributed by atoms with Crippen LogP contribution in [0.3, 0.4) is 0 Å². The summed E-state index contributed by atoms with van der Waals surface area (Å²) in [7, 11) is -2.04. The van der Waals surface area contributed by atoms with Crippen LogP contribution in [0.1, 0.15) is 34.6 Å². The number of rotatable bonds is 4. The standard InChI is InChI=1S/C16H27NO5Si/c1-8-11-10(9(2)22-23(6,7)16(3,4)5)14(19)17(11)12(13(8)18)15(20)21/h8-12H,1-7H3,(H,20,21)/t8-,9?,10-,11-,12?/m1/s1. The molecule has 2 aliphatic rings. The minimum Gasteiger partial charge on any atom is -0.479 e. The molecule has 2 unspecified atom stereocenters. The summed E-state index contributed by atoms with van der Waals surface area (Å²) in [6, 6.07) is -1.67. The number of aliphatic carboxylic acids is 1. The van der Waals surface area contributed by atoms with Gasteiger partial charge in [0.05, 0.1) is 18.1 Å². The van der Waals surface area contributed by atoms with E-state index in [1.807, 2.05) is 6.92 Å². The molecule has 6 nitrogen and oxygen atoms in total. The van der Waals surface area contributed by atoms with E-state index in [2.05, 4.69) is 33.9 Å². The number of β-lactam (4-membered cyclic amide) rings is 1. The average molecular weight is 341 g/mol. The fourth-order valence-corrected chi connectivity index (χ4v) is 4.83. The van der Waals surface area contributed by atoms with Crippen molar-refractivity contribution in [1.82, 2.24) is 4.90 Å². The number of ketones is 1. The van der Waals surface area contributed by atoms with Gasteiger partial charge in [-0.15, -0.1) is 0 Å². The Morgan fingerprint density at radius 2 is 1.83 bits per heavy atom. The molecule has 0 aromatic rings. The molecule has 130 valence electrons. The molecular weight excluding hydrogens is 314 g/mol. The van der Waals surface area contributed by atoms with Gasteiger partial charge in [-0.25, -0.2) is 4.79 Å². The first-order chi connectivity index (χ1) is 10.3. The van der Waals surface area contributed by atoms with Crippen molar-refractivity contribution >= 4 is 26.0 Å². The van der Waals surface area contributed by atoms with Crippen LogP contribution in [0.5, 0.6) is 0 Å². The Hall–Kier alpha value is -1.21. The number of amides is 1. The Bertz CT molecular complexity index is 553. The van der Waals surface area contributed by atoms with Gasteiger partial charge in [0.2, 0.25) is 5.91 Å². The molecule has 0 aromatic carbocycles. The van der Waals surface area contributed by atoms with Gasteiger partial charge in [0.25, 0.3) is 0 Å². The van der Waals surface area contributed by atoms with Gasteiger partial charge in [0, 0.05) is 5.92 Å². The van der Waals surface area contributed by atoms with Crippen molar-refractivity contribution in [1.29, 1.82) is 0 Å². The highest BCUT2D eigenvalue weighted by Gasteiger charge is 2.65. The number of carbonyl (C=O) groups excluding carboxylic acids is 2. The molecule has 0 spiro atoms. The highest BCUT2D eigenvalue weighted by molar-refractivity contribution is 6.74. The van der Waals surface area contributed by atoms with Crippen LogP contribution >= 0.6 is 0 Å². The van der Waals surface area contributed by atoms with E-state index in [0.29, 0.717) is 0 Å². The third-order valence-electron chi connectivity index (χ3n) is 5.76. The summed E-state index contributed by atoms with van der Waals surface area (Å²) in [5.74, 6) is -2.77. The zero-order valence-electron chi connectivity index (χ0n) is 14.9. The maximum absolute atomic E-state index is 12.5. The van der Waals surface area contributed by atoms with E-state index in [4.69, 9.17) is 4.43 Å². The summed E-state index contributed by atoms with van der Waals surface area (Å²) in [5, 5.41) is 9.24. The fraction of sp³-hybridized carbons (Fsp3) is 0.812. The molecule has 7 heteroatoms. The van der Waals surface area contributed by atoms with Crippen LogP contribution in [0.4, 0.5) is 0 Å². The lowest BCUT2D eigenvalue weighted by Crippen LogP contribution is -2.67. The van der Waals surface area contributed by atoms with Crippen molar-refractivity contribution in [2.75, 3.05) is 0 Å². The number of carboxylic acids is 1. The Morgan fingerprint density at radius 1 is 1.30 bits per heavy atom. The predicted molar refractivity (Wildman–Crippen MR) is 87.5 cm³/mol. The molecule has 5 atom stereocenters. The SMILES string of the molecule is CC(O[Si](C)(C)C(C)(C)C)[C@H]1C(=O)N2C(C(=O)O)C(=O)[C@H](C)[C@H]12. The molecule has 2 rings (SSSR count). The summed E-state index contributed by atoms with van der Waals surface area (Å²) >= 11 is 0. The number of carboxylic acid groups (broad SMARTS) is 1. The van der Waals surface area contributed by atoms with Gasteiger partial charge >= 0.3 is 5.97 Å². The summed E-state index contributed by atoms with van der Waals surface area (Å²) in [5.41, 5.74) is 0. The van der Waals surface area contributed by atoms with Gasteiger partial charge < -0.3 is 14.4 Å². The van der Waals surface area contributed by atoms with Crippen molar-refractivity contribution in [3.63, 3.8) is 0 Å². The van der Waals surface area contributed by atoms with Crippen LogP contribution in [0.2, 0.25) is 18.1 Å². The molecule has 2 saturated heterocycles. The average Bonchev–Trinajstić information content (AvgIpc) is 2.58. The highest BCUT2D eigenvalue weighted by Crippen LogP contribution is 2.45. The lowest BCUT2D eigenvalue weighted by atomic mass is 9.79. The first-order valence-corrected chi connectivity index (χ1v) is 11.0. The number of carbonyl (C=O) groups is 3. The zero-order valence-corrected chi connectivity index (χ0v) is 15.9. The van der Waals surface area contributed by atoms with Crippen LogP contribution in [0, 0.1) is 11.8 Å². The molecular formula is C16H27NO5Si. The van der Waals surface area contributed by atoms with Crippen molar-refractivity contribution in [3.05, 3.63) is 0 Å². The highest BCUT2D eigenvalue weighted by atomic mass is 28.4. The first kappa shape index (κ1) is 18.1. The molecule has 0 aromatic heterocycles. The minimum atomic E-state index is -2.04. The Labute approximate surface area is 138 Å². The summed E-state index contributed by atoms with van der Waals surface area (Å²) in [6.45, 7) is 14.2. The Balaban J connectivity index is 2.19. The van der Waals surface area contributed by atoms with E-state index in [9.17, 15) is 19.5 Å². The molecule has 0 saturated carbocycles. The predicted octanol–water partition coefficient (Wildman–Crippen LogP) is 1.90. The quantitative estimate of drug-likeness (QED) is 0.480. The van der Waals surface area contributed by atoms with Crippen LogP contribution in [-0.2, 0) is 18.8 Å². The zero-order chi connectivity index (χ0) is 17.9. The number of fused-ring (bicyclic) bond motifs is 1. The van der Waals surface area contributed by atoms with Crippen molar-refractivity contribution in [2.45, 2.75) is 70.9 Å². The van der Waals surface area contributed by atoms with Crippen LogP contribution in [0.25, 0.3) is 0 Å². The smallest absolute Gasteiger partial charge is 0.334 e. The molecule has 1 amide bonds. The Morgan fingerprint density at radius 3 is 2.26 bits per heavy atom. The van der Waals surface area contributed by atoms with Crippen molar-refractivity contribution in [2.24, 2.45) is 11.8 Å². The molecule has 1 N–H and O–H groups in total. The molecule has 0 bridgehead atoms. The topological polar surface area (TPSA) is 83.9 Å². The van der Waals surface area contributed by atoms with E-state index in [1.165, 1.54) is 4.90 Å². The molecule has 2 heterocycles. The molecule has 23 heavy (non-hydrogen) atoms. The molecule has 0 radical (unpaired) electrons. The second kappa shape index (κ2) is 5.41. The van der Waals surface area contributed by atoms with E-state index in [1.54, 1.807) is 6.92 Å². The van der Waals surface area contributed by atoms with Crippen LogP contribution in [-0.4, -0.2) is 54.2 Å². The van der Waals surface area contributed by atoms with Gasteiger partial charge in [0.1, 0.15) is 0 Å². The fourth-order valence-electron chi connectivity index (χ4n) is 3.40. The van der Waals surface area contributed by atoms with Crippen molar-refractivity contribution in [3.8, 4) is 0 Å². The summed E-state index contributed by atoms with van der Waals surface area (Å²) in [4.78, 5) is 37.2.